The van der Waals surface area contributed by atoms with Crippen LogP contribution in [-0.4, -0.2) is 53.7 Å². The van der Waals surface area contributed by atoms with Crippen LogP contribution < -0.4 is 4.74 Å². The van der Waals surface area contributed by atoms with Gasteiger partial charge in [-0.25, -0.2) is 0 Å². The predicted molar refractivity (Wildman–Crippen MR) is 100 cm³/mol. The van der Waals surface area contributed by atoms with Crippen LogP contribution in [-0.2, 0) is 11.2 Å². The van der Waals surface area contributed by atoms with Crippen molar-refractivity contribution in [3.05, 3.63) is 28.4 Å². The van der Waals surface area contributed by atoms with Crippen molar-refractivity contribution in [1.82, 2.24) is 9.47 Å². The van der Waals surface area contributed by atoms with E-state index in [9.17, 15) is 14.7 Å². The summed E-state index contributed by atoms with van der Waals surface area (Å²) in [4.78, 5) is 26.8. The molecular weight excluding hydrogens is 356 g/mol. The number of carboxylic acid groups (broad SMARTS) is 1. The van der Waals surface area contributed by atoms with Crippen LogP contribution in [0.1, 0.15) is 28.9 Å². The summed E-state index contributed by atoms with van der Waals surface area (Å²) in [5.41, 5.74) is 1.85. The van der Waals surface area contributed by atoms with E-state index in [0.29, 0.717) is 32.9 Å². The molecule has 7 heteroatoms. The van der Waals surface area contributed by atoms with Crippen molar-refractivity contribution in [2.24, 2.45) is 5.92 Å². The predicted octanol–water partition coefficient (Wildman–Crippen LogP) is 3.22. The minimum atomic E-state index is -0.960. The summed E-state index contributed by atoms with van der Waals surface area (Å²) < 4.78 is 6.92. The van der Waals surface area contributed by atoms with E-state index in [1.54, 1.807) is 23.6 Å². The van der Waals surface area contributed by atoms with Crippen molar-refractivity contribution in [3.8, 4) is 5.75 Å². The molecule has 0 saturated carbocycles. The average Bonchev–Trinajstić information content (AvgIpc) is 2.87. The topological polar surface area (TPSA) is 71.8 Å². The Morgan fingerprint density at radius 1 is 1.31 bits per heavy atom. The summed E-state index contributed by atoms with van der Waals surface area (Å²) in [5, 5.41) is 10.3. The number of halogens is 1. The average molecular weight is 379 g/mol. The van der Waals surface area contributed by atoms with Gasteiger partial charge in [-0.15, -0.1) is 0 Å². The first-order valence-electron chi connectivity index (χ1n) is 8.66. The number of carboxylic acids is 1. The van der Waals surface area contributed by atoms with Gasteiger partial charge in [-0.1, -0.05) is 11.6 Å². The molecule has 140 valence electrons. The molecule has 1 aromatic heterocycles. The largest absolute Gasteiger partial charge is 0.495 e. The number of carbonyl (C=O) groups excluding carboxylic acids is 1. The van der Waals surface area contributed by atoms with Crippen molar-refractivity contribution < 1.29 is 19.4 Å². The standard InChI is InChI=1S/C19H23ClN2O4/c1-11-13(10-16(23)24)17-14(4-5-15(26-3)18(17)20)22(11)19(25)12-6-8-21(2)9-7-12/h4-5,12H,6-10H2,1-3H3,(H,23,24). The maximum atomic E-state index is 13.2. The summed E-state index contributed by atoms with van der Waals surface area (Å²) >= 11 is 6.48. The van der Waals surface area contributed by atoms with Crippen LogP contribution in [0, 0.1) is 12.8 Å². The van der Waals surface area contributed by atoms with Crippen LogP contribution >= 0.6 is 11.6 Å². The molecule has 6 nitrogen and oxygen atoms in total. The second-order valence-electron chi connectivity index (χ2n) is 6.86. The third-order valence-electron chi connectivity index (χ3n) is 5.24. The van der Waals surface area contributed by atoms with Crippen molar-refractivity contribution in [2.45, 2.75) is 26.2 Å². The van der Waals surface area contributed by atoms with Crippen molar-refractivity contribution in [1.29, 1.82) is 0 Å². The van der Waals surface area contributed by atoms with Gasteiger partial charge in [-0.2, -0.15) is 0 Å². The van der Waals surface area contributed by atoms with Gasteiger partial charge < -0.3 is 14.7 Å². The number of rotatable bonds is 4. The highest BCUT2D eigenvalue weighted by atomic mass is 35.5. The quantitative estimate of drug-likeness (QED) is 0.884. The lowest BCUT2D eigenvalue weighted by atomic mass is 9.96. The molecule has 0 atom stereocenters. The number of nitrogens with zero attached hydrogens (tertiary/aromatic N) is 2. The number of piperidine rings is 1. The summed E-state index contributed by atoms with van der Waals surface area (Å²) in [6.45, 7) is 3.55. The molecule has 1 aliphatic heterocycles. The first-order chi connectivity index (χ1) is 12.3. The van der Waals surface area contributed by atoms with Gasteiger partial charge >= 0.3 is 5.97 Å². The van der Waals surface area contributed by atoms with Crippen LogP contribution in [0.25, 0.3) is 10.9 Å². The van der Waals surface area contributed by atoms with Gasteiger partial charge in [0, 0.05) is 17.0 Å². The Hall–Kier alpha value is -2.05. The Kier molecular flexibility index (Phi) is 5.25. The molecule has 1 fully saturated rings. The lowest BCUT2D eigenvalue weighted by Gasteiger charge is -2.28. The molecule has 0 unspecified atom stereocenters. The molecule has 0 aliphatic carbocycles. The highest BCUT2D eigenvalue weighted by Gasteiger charge is 2.29. The number of fused-ring (bicyclic) bond motifs is 1. The molecule has 0 amide bonds. The van der Waals surface area contributed by atoms with E-state index in [-0.39, 0.29) is 18.2 Å². The number of ether oxygens (including phenoxy) is 1. The van der Waals surface area contributed by atoms with Crippen LogP contribution in [0.5, 0.6) is 5.75 Å². The Morgan fingerprint density at radius 2 is 1.96 bits per heavy atom. The highest BCUT2D eigenvalue weighted by molar-refractivity contribution is 6.37. The monoisotopic (exact) mass is 378 g/mol. The number of carbonyl (C=O) groups is 2. The van der Waals surface area contributed by atoms with E-state index < -0.39 is 5.97 Å². The molecule has 0 bridgehead atoms. The molecule has 1 N–H and O–H groups in total. The zero-order chi connectivity index (χ0) is 19.0. The van der Waals surface area contributed by atoms with Crippen molar-refractivity contribution >= 4 is 34.4 Å². The summed E-state index contributed by atoms with van der Waals surface area (Å²) in [6.07, 6.45) is 1.40. The van der Waals surface area contributed by atoms with E-state index in [0.717, 1.165) is 25.9 Å². The third kappa shape index (κ3) is 3.19. The van der Waals surface area contributed by atoms with Crippen molar-refractivity contribution in [3.63, 3.8) is 0 Å². The van der Waals surface area contributed by atoms with Crippen LogP contribution in [0.3, 0.4) is 0 Å². The Morgan fingerprint density at radius 3 is 2.54 bits per heavy atom. The number of likely N-dealkylation sites (tertiary alicyclic amines) is 1. The van der Waals surface area contributed by atoms with E-state index in [2.05, 4.69) is 4.90 Å². The van der Waals surface area contributed by atoms with E-state index in [1.165, 1.54) is 7.11 Å². The van der Waals surface area contributed by atoms with Gasteiger partial charge in [0.25, 0.3) is 0 Å². The Labute approximate surface area is 157 Å². The first kappa shape index (κ1) is 18.7. The SMILES string of the molecule is COc1ccc2c(c1Cl)c(CC(=O)O)c(C)n2C(=O)C1CCN(C)CC1. The van der Waals surface area contributed by atoms with Crippen LogP contribution in [0.15, 0.2) is 12.1 Å². The lowest BCUT2D eigenvalue weighted by Crippen LogP contribution is -2.35. The van der Waals surface area contributed by atoms with Gasteiger partial charge in [-0.3, -0.25) is 14.2 Å². The molecule has 3 rings (SSSR count). The second kappa shape index (κ2) is 7.29. The third-order valence-corrected chi connectivity index (χ3v) is 5.61. The number of hydrogen-bond donors (Lipinski definition) is 1. The van der Waals surface area contributed by atoms with E-state index in [1.807, 2.05) is 7.05 Å². The minimum absolute atomic E-state index is 0.0125. The molecule has 1 aliphatic rings. The van der Waals surface area contributed by atoms with E-state index in [4.69, 9.17) is 16.3 Å². The fourth-order valence-electron chi connectivity index (χ4n) is 3.76. The van der Waals surface area contributed by atoms with Crippen LogP contribution in [0.2, 0.25) is 5.02 Å². The number of hydrogen-bond acceptors (Lipinski definition) is 4. The fraction of sp³-hybridized carbons (Fsp3) is 0.474. The molecule has 0 radical (unpaired) electrons. The Balaban J connectivity index is 2.16. The minimum Gasteiger partial charge on any atom is -0.495 e. The summed E-state index contributed by atoms with van der Waals surface area (Å²) in [5.74, 6) is -0.551. The second-order valence-corrected chi connectivity index (χ2v) is 7.24. The van der Waals surface area contributed by atoms with Gasteiger partial charge in [0.1, 0.15) is 5.75 Å². The smallest absolute Gasteiger partial charge is 0.307 e. The number of benzene rings is 1. The van der Waals surface area contributed by atoms with Gasteiger partial charge in [0.05, 0.1) is 24.1 Å². The van der Waals surface area contributed by atoms with E-state index >= 15 is 0 Å². The molecule has 0 spiro atoms. The van der Waals surface area contributed by atoms with Gasteiger partial charge in [-0.05, 0) is 57.6 Å². The zero-order valence-electron chi connectivity index (χ0n) is 15.2. The summed E-state index contributed by atoms with van der Waals surface area (Å²) in [6, 6.07) is 3.50. The van der Waals surface area contributed by atoms with Gasteiger partial charge in [0.15, 0.2) is 0 Å². The summed E-state index contributed by atoms with van der Waals surface area (Å²) in [7, 11) is 3.56. The maximum absolute atomic E-state index is 13.2. The van der Waals surface area contributed by atoms with Crippen molar-refractivity contribution in [2.75, 3.05) is 27.2 Å². The fourth-order valence-corrected chi connectivity index (χ4v) is 4.12. The molecule has 2 aromatic rings. The zero-order valence-corrected chi connectivity index (χ0v) is 16.0. The first-order valence-corrected chi connectivity index (χ1v) is 9.03. The lowest BCUT2D eigenvalue weighted by molar-refractivity contribution is -0.136. The highest BCUT2D eigenvalue weighted by Crippen LogP contribution is 2.39. The molecule has 26 heavy (non-hydrogen) atoms. The van der Waals surface area contributed by atoms with Crippen LogP contribution in [0.4, 0.5) is 0 Å². The Bertz CT molecular complexity index is 866. The normalized spacial score (nSPS) is 16.2. The molecule has 1 aromatic carbocycles. The number of aliphatic carboxylic acids is 1. The maximum Gasteiger partial charge on any atom is 0.307 e. The number of aromatic nitrogens is 1. The number of methoxy groups -OCH3 is 1. The molecule has 2 heterocycles. The molecule has 1 saturated heterocycles. The molecular formula is C19H23ClN2O4. The van der Waals surface area contributed by atoms with Gasteiger partial charge in [0.2, 0.25) is 5.91 Å².